The topological polar surface area (TPSA) is 69.6 Å². The van der Waals surface area contributed by atoms with Gasteiger partial charge in [-0.2, -0.15) is 0 Å². The van der Waals surface area contributed by atoms with Crippen molar-refractivity contribution >= 4 is 17.5 Å². The van der Waals surface area contributed by atoms with Crippen LogP contribution in [0.5, 0.6) is 0 Å². The molecule has 21 heavy (non-hydrogen) atoms. The molecule has 2 atom stereocenters. The lowest BCUT2D eigenvalue weighted by Crippen LogP contribution is -2.39. The van der Waals surface area contributed by atoms with Crippen molar-refractivity contribution in [3.05, 3.63) is 29.6 Å². The first-order chi connectivity index (χ1) is 9.90. The van der Waals surface area contributed by atoms with Gasteiger partial charge in [0.2, 0.25) is 0 Å². The van der Waals surface area contributed by atoms with Crippen molar-refractivity contribution in [2.24, 2.45) is 5.92 Å². The van der Waals surface area contributed by atoms with E-state index in [4.69, 9.17) is 0 Å². The molecule has 1 aliphatic heterocycles. The molecule has 1 saturated heterocycles. The fourth-order valence-electron chi connectivity index (χ4n) is 2.43. The van der Waals surface area contributed by atoms with Gasteiger partial charge in [-0.25, -0.2) is 4.39 Å². The number of halogens is 1. The minimum absolute atomic E-state index is 0.000349. The van der Waals surface area contributed by atoms with Gasteiger partial charge in [0.05, 0.1) is 11.8 Å². The molecule has 0 saturated carbocycles. The molecule has 1 heterocycles. The smallest absolute Gasteiger partial charge is 0.313 e. The van der Waals surface area contributed by atoms with Crippen LogP contribution in [-0.4, -0.2) is 41.0 Å². The third-order valence-electron chi connectivity index (χ3n) is 3.83. The van der Waals surface area contributed by atoms with Crippen molar-refractivity contribution in [1.29, 1.82) is 0 Å². The lowest BCUT2D eigenvalue weighted by Gasteiger charge is -2.17. The van der Waals surface area contributed by atoms with E-state index in [0.717, 1.165) is 0 Å². The van der Waals surface area contributed by atoms with Crippen molar-refractivity contribution in [2.75, 3.05) is 18.4 Å². The van der Waals surface area contributed by atoms with Crippen molar-refractivity contribution in [3.63, 3.8) is 0 Å². The third kappa shape index (κ3) is 3.39. The maximum Gasteiger partial charge on any atom is 0.313 e. The highest BCUT2D eigenvalue weighted by molar-refractivity contribution is 6.39. The number of nitrogens with zero attached hydrogens (tertiary/aromatic N) is 1. The molecule has 0 bridgehead atoms. The van der Waals surface area contributed by atoms with Gasteiger partial charge in [0.15, 0.2) is 0 Å². The molecule has 2 unspecified atom stereocenters. The second-order valence-electron chi connectivity index (χ2n) is 5.43. The zero-order valence-electron chi connectivity index (χ0n) is 12.1. The van der Waals surface area contributed by atoms with Gasteiger partial charge < -0.3 is 15.3 Å². The molecule has 0 aliphatic carbocycles. The van der Waals surface area contributed by atoms with Crippen LogP contribution in [0.1, 0.15) is 18.9 Å². The van der Waals surface area contributed by atoms with Gasteiger partial charge in [-0.05, 0) is 31.9 Å². The Morgan fingerprint density at radius 2 is 2.19 bits per heavy atom. The van der Waals surface area contributed by atoms with E-state index in [1.807, 2.05) is 0 Å². The Labute approximate surface area is 122 Å². The first-order valence-corrected chi connectivity index (χ1v) is 6.93. The molecular formula is C15H19FN2O3. The molecule has 0 radical (unpaired) electrons. The Kier molecular flexibility index (Phi) is 4.57. The van der Waals surface area contributed by atoms with E-state index in [1.54, 1.807) is 26.0 Å². The predicted octanol–water partition coefficient (Wildman–Crippen LogP) is 1.30. The van der Waals surface area contributed by atoms with Crippen molar-refractivity contribution < 1.29 is 19.1 Å². The number of carbonyl (C=O) groups excluding carboxylic acids is 2. The highest BCUT2D eigenvalue weighted by atomic mass is 19.1. The summed E-state index contributed by atoms with van der Waals surface area (Å²) in [5, 5.41) is 11.8. The number of amides is 2. The van der Waals surface area contributed by atoms with E-state index in [-0.39, 0.29) is 11.6 Å². The Morgan fingerprint density at radius 3 is 2.81 bits per heavy atom. The largest absolute Gasteiger partial charge is 0.393 e. The Hall–Kier alpha value is -1.95. The van der Waals surface area contributed by atoms with Gasteiger partial charge in [-0.3, -0.25) is 9.59 Å². The minimum atomic E-state index is -0.856. The second-order valence-corrected chi connectivity index (χ2v) is 5.43. The molecule has 1 fully saturated rings. The quantitative estimate of drug-likeness (QED) is 0.808. The van der Waals surface area contributed by atoms with Crippen LogP contribution >= 0.6 is 0 Å². The number of carbonyl (C=O) groups is 2. The number of nitrogens with one attached hydrogen (secondary N) is 1. The molecule has 5 nitrogen and oxygen atoms in total. The van der Waals surface area contributed by atoms with E-state index >= 15 is 0 Å². The number of rotatable bonds is 2. The van der Waals surface area contributed by atoms with E-state index in [9.17, 15) is 19.1 Å². The Bertz CT molecular complexity index is 560. The summed E-state index contributed by atoms with van der Waals surface area (Å²) in [4.78, 5) is 25.3. The lowest BCUT2D eigenvalue weighted by atomic mass is 10.0. The van der Waals surface area contributed by atoms with Crippen LogP contribution in [-0.2, 0) is 9.59 Å². The fourth-order valence-corrected chi connectivity index (χ4v) is 2.43. The molecule has 2 rings (SSSR count). The van der Waals surface area contributed by atoms with Crippen LogP contribution in [0.25, 0.3) is 0 Å². The van der Waals surface area contributed by atoms with Crippen LogP contribution in [0.3, 0.4) is 0 Å². The summed E-state index contributed by atoms with van der Waals surface area (Å²) >= 11 is 0. The van der Waals surface area contributed by atoms with E-state index in [2.05, 4.69) is 5.32 Å². The van der Waals surface area contributed by atoms with Crippen molar-refractivity contribution in [2.45, 2.75) is 26.4 Å². The Balaban J connectivity index is 2.01. The molecule has 0 spiro atoms. The summed E-state index contributed by atoms with van der Waals surface area (Å²) in [6.45, 7) is 4.03. The average Bonchev–Trinajstić information content (AvgIpc) is 2.93. The molecule has 114 valence electrons. The van der Waals surface area contributed by atoms with Crippen LogP contribution in [0.15, 0.2) is 18.2 Å². The summed E-state index contributed by atoms with van der Waals surface area (Å²) in [5.41, 5.74) is 0.398. The maximum absolute atomic E-state index is 13.8. The molecule has 1 aromatic carbocycles. The van der Waals surface area contributed by atoms with Gasteiger partial charge in [0, 0.05) is 19.0 Å². The molecule has 6 heteroatoms. The molecule has 2 N–H and O–H groups in total. The Morgan fingerprint density at radius 1 is 1.48 bits per heavy atom. The van der Waals surface area contributed by atoms with Crippen LogP contribution < -0.4 is 5.32 Å². The molecule has 2 amide bonds. The van der Waals surface area contributed by atoms with Gasteiger partial charge in [-0.15, -0.1) is 0 Å². The minimum Gasteiger partial charge on any atom is -0.393 e. The molecular weight excluding hydrogens is 275 g/mol. The monoisotopic (exact) mass is 294 g/mol. The van der Waals surface area contributed by atoms with Gasteiger partial charge in [0.1, 0.15) is 5.82 Å². The fraction of sp³-hybridized carbons (Fsp3) is 0.467. The van der Waals surface area contributed by atoms with Gasteiger partial charge in [-0.1, -0.05) is 12.1 Å². The molecule has 1 aromatic rings. The predicted molar refractivity (Wildman–Crippen MR) is 76.1 cm³/mol. The number of anilines is 1. The number of likely N-dealkylation sites (tertiary alicyclic amines) is 1. The zero-order valence-corrected chi connectivity index (χ0v) is 12.1. The van der Waals surface area contributed by atoms with Gasteiger partial charge in [0.25, 0.3) is 0 Å². The zero-order chi connectivity index (χ0) is 15.6. The van der Waals surface area contributed by atoms with Crippen LogP contribution in [0, 0.1) is 18.7 Å². The lowest BCUT2D eigenvalue weighted by molar-refractivity contribution is -0.142. The maximum atomic E-state index is 13.8. The average molecular weight is 294 g/mol. The van der Waals surface area contributed by atoms with Crippen LogP contribution in [0.4, 0.5) is 10.1 Å². The highest BCUT2D eigenvalue weighted by Gasteiger charge is 2.32. The van der Waals surface area contributed by atoms with Gasteiger partial charge >= 0.3 is 11.8 Å². The number of aliphatic hydroxyl groups is 1. The van der Waals surface area contributed by atoms with Crippen molar-refractivity contribution in [3.8, 4) is 0 Å². The number of hydrogen-bond acceptors (Lipinski definition) is 3. The summed E-state index contributed by atoms with van der Waals surface area (Å²) in [5.74, 6) is -2.11. The summed E-state index contributed by atoms with van der Waals surface area (Å²) in [6.07, 6.45) is 0.148. The second kappa shape index (κ2) is 6.22. The summed E-state index contributed by atoms with van der Waals surface area (Å²) < 4.78 is 13.8. The number of aryl methyl sites for hydroxylation is 1. The SMILES string of the molecule is Cc1cccc(NC(=O)C(=O)N2CCC(C(C)O)C2)c1F. The molecule has 1 aliphatic rings. The van der Waals surface area contributed by atoms with Crippen molar-refractivity contribution in [1.82, 2.24) is 4.90 Å². The first kappa shape index (κ1) is 15.4. The van der Waals surface area contributed by atoms with E-state index in [1.165, 1.54) is 11.0 Å². The number of benzene rings is 1. The number of hydrogen-bond donors (Lipinski definition) is 2. The first-order valence-electron chi connectivity index (χ1n) is 6.93. The summed E-state index contributed by atoms with van der Waals surface area (Å²) in [6, 6.07) is 4.61. The molecule has 0 aromatic heterocycles. The normalized spacial score (nSPS) is 19.4. The van der Waals surface area contributed by atoms with Crippen LogP contribution in [0.2, 0.25) is 0 Å². The standard InChI is InChI=1S/C15H19FN2O3/c1-9-4-3-5-12(13(9)16)17-14(20)15(21)18-7-6-11(8-18)10(2)19/h3-5,10-11,19H,6-8H2,1-2H3,(H,17,20). The highest BCUT2D eigenvalue weighted by Crippen LogP contribution is 2.21. The van der Waals surface area contributed by atoms with E-state index < -0.39 is 23.7 Å². The number of aliphatic hydroxyl groups excluding tert-OH is 1. The van der Waals surface area contributed by atoms with E-state index in [0.29, 0.717) is 25.1 Å². The summed E-state index contributed by atoms with van der Waals surface area (Å²) in [7, 11) is 0. The third-order valence-corrected chi connectivity index (χ3v) is 3.83.